The van der Waals surface area contributed by atoms with Gasteiger partial charge in [0.05, 0.1) is 7.11 Å². The van der Waals surface area contributed by atoms with E-state index in [1.807, 2.05) is 42.5 Å². The van der Waals surface area contributed by atoms with Crippen LogP contribution >= 0.6 is 0 Å². The zero-order valence-corrected chi connectivity index (χ0v) is 15.1. The molecule has 1 heterocycles. The van der Waals surface area contributed by atoms with E-state index in [2.05, 4.69) is 5.32 Å². The minimum Gasteiger partial charge on any atom is -0.497 e. The number of rotatable bonds is 8. The van der Waals surface area contributed by atoms with E-state index in [1.54, 1.807) is 7.11 Å². The lowest BCUT2D eigenvalue weighted by Gasteiger charge is -2.18. The maximum atomic E-state index is 12.0. The van der Waals surface area contributed by atoms with Gasteiger partial charge in [0.25, 0.3) is 0 Å². The van der Waals surface area contributed by atoms with Crippen molar-refractivity contribution in [2.24, 2.45) is 0 Å². The van der Waals surface area contributed by atoms with Gasteiger partial charge in [0, 0.05) is 13.0 Å². The van der Waals surface area contributed by atoms with Crippen LogP contribution in [0.1, 0.15) is 24.0 Å². The Morgan fingerprint density at radius 3 is 2.50 bits per heavy atom. The van der Waals surface area contributed by atoms with Crippen molar-refractivity contribution in [2.45, 2.75) is 25.7 Å². The van der Waals surface area contributed by atoms with E-state index in [-0.39, 0.29) is 5.91 Å². The van der Waals surface area contributed by atoms with Crippen molar-refractivity contribution in [3.05, 3.63) is 53.6 Å². The van der Waals surface area contributed by atoms with E-state index < -0.39 is 0 Å². The molecule has 0 atom stereocenters. The molecule has 1 aliphatic heterocycles. The van der Waals surface area contributed by atoms with Gasteiger partial charge in [-0.15, -0.1) is 0 Å². The summed E-state index contributed by atoms with van der Waals surface area (Å²) in [6.45, 7) is 1.84. The van der Waals surface area contributed by atoms with Gasteiger partial charge in [-0.05, 0) is 54.7 Å². The number of benzene rings is 2. The van der Waals surface area contributed by atoms with Crippen LogP contribution < -0.4 is 19.5 Å². The number of carbonyl (C=O) groups is 1. The van der Waals surface area contributed by atoms with Crippen molar-refractivity contribution in [1.82, 2.24) is 5.32 Å². The maximum absolute atomic E-state index is 12.0. The van der Waals surface area contributed by atoms with Crippen LogP contribution in [-0.4, -0.2) is 32.8 Å². The lowest BCUT2D eigenvalue weighted by Crippen LogP contribution is -2.25. The number of carbonyl (C=O) groups excluding carboxylic acids is 1. The molecule has 0 radical (unpaired) electrons. The van der Waals surface area contributed by atoms with Gasteiger partial charge in [-0.2, -0.15) is 0 Å². The molecule has 0 fully saturated rings. The highest BCUT2D eigenvalue weighted by Crippen LogP contribution is 2.31. The molecule has 0 aliphatic carbocycles. The van der Waals surface area contributed by atoms with E-state index in [1.165, 1.54) is 11.1 Å². The van der Waals surface area contributed by atoms with Crippen LogP contribution in [0, 0.1) is 0 Å². The molecule has 0 aromatic heterocycles. The maximum Gasteiger partial charge on any atom is 0.220 e. The van der Waals surface area contributed by atoms with Gasteiger partial charge in [-0.3, -0.25) is 4.79 Å². The lowest BCUT2D eigenvalue weighted by atomic mass is 10.1. The Morgan fingerprint density at radius 2 is 1.73 bits per heavy atom. The molecular weight excluding hydrogens is 330 g/mol. The molecule has 1 aliphatic rings. The molecule has 1 amide bonds. The van der Waals surface area contributed by atoms with Crippen LogP contribution in [-0.2, 0) is 17.6 Å². The SMILES string of the molecule is COc1ccc(CCNC(=O)CCCc2ccc3c(c2)OCCO3)cc1. The number of amides is 1. The molecule has 138 valence electrons. The zero-order chi connectivity index (χ0) is 18.2. The molecule has 5 heteroatoms. The fourth-order valence-electron chi connectivity index (χ4n) is 2.92. The third kappa shape index (κ3) is 5.15. The number of hydrogen-bond acceptors (Lipinski definition) is 4. The normalized spacial score (nSPS) is 12.5. The molecule has 1 N–H and O–H groups in total. The Labute approximate surface area is 154 Å². The molecule has 3 rings (SSSR count). The quantitative estimate of drug-likeness (QED) is 0.790. The first kappa shape index (κ1) is 18.1. The summed E-state index contributed by atoms with van der Waals surface area (Å²) in [6.07, 6.45) is 3.01. The molecule has 0 bridgehead atoms. The summed E-state index contributed by atoms with van der Waals surface area (Å²) < 4.78 is 16.2. The summed E-state index contributed by atoms with van der Waals surface area (Å²) in [4.78, 5) is 12.0. The average molecular weight is 355 g/mol. The van der Waals surface area contributed by atoms with Crippen LogP contribution in [0.15, 0.2) is 42.5 Å². The fraction of sp³-hybridized carbons (Fsp3) is 0.381. The van der Waals surface area contributed by atoms with Crippen LogP contribution in [0.5, 0.6) is 17.2 Å². The summed E-state index contributed by atoms with van der Waals surface area (Å²) in [5, 5.41) is 2.98. The predicted molar refractivity (Wildman–Crippen MR) is 100 cm³/mol. The van der Waals surface area contributed by atoms with Crippen LogP contribution in [0.2, 0.25) is 0 Å². The van der Waals surface area contributed by atoms with E-state index in [4.69, 9.17) is 14.2 Å². The number of fused-ring (bicyclic) bond motifs is 1. The first-order valence-electron chi connectivity index (χ1n) is 9.03. The largest absolute Gasteiger partial charge is 0.497 e. The predicted octanol–water partition coefficient (Wildman–Crippen LogP) is 3.15. The van der Waals surface area contributed by atoms with Crippen LogP contribution in [0.25, 0.3) is 0 Å². The third-order valence-electron chi connectivity index (χ3n) is 4.37. The smallest absolute Gasteiger partial charge is 0.220 e. The van der Waals surface area contributed by atoms with Crippen molar-refractivity contribution in [2.75, 3.05) is 26.9 Å². The number of hydrogen-bond donors (Lipinski definition) is 1. The highest BCUT2D eigenvalue weighted by atomic mass is 16.6. The highest BCUT2D eigenvalue weighted by Gasteiger charge is 2.11. The number of aryl methyl sites for hydroxylation is 1. The zero-order valence-electron chi connectivity index (χ0n) is 15.1. The second-order valence-electron chi connectivity index (χ2n) is 6.28. The summed E-state index contributed by atoms with van der Waals surface area (Å²) >= 11 is 0. The molecule has 2 aromatic carbocycles. The van der Waals surface area contributed by atoms with Gasteiger partial charge in [0.1, 0.15) is 19.0 Å². The molecule has 0 saturated heterocycles. The highest BCUT2D eigenvalue weighted by molar-refractivity contribution is 5.75. The fourth-order valence-corrected chi connectivity index (χ4v) is 2.92. The molecule has 0 spiro atoms. The van der Waals surface area contributed by atoms with Crippen molar-refractivity contribution in [1.29, 1.82) is 0 Å². The molecule has 0 unspecified atom stereocenters. The van der Waals surface area contributed by atoms with E-state index in [0.29, 0.717) is 26.2 Å². The summed E-state index contributed by atoms with van der Waals surface area (Å²) in [5.41, 5.74) is 2.35. The molecule has 26 heavy (non-hydrogen) atoms. The minimum absolute atomic E-state index is 0.0936. The molecule has 5 nitrogen and oxygen atoms in total. The van der Waals surface area contributed by atoms with E-state index in [9.17, 15) is 4.79 Å². The average Bonchev–Trinajstić information content (AvgIpc) is 2.68. The van der Waals surface area contributed by atoms with E-state index >= 15 is 0 Å². The number of ether oxygens (including phenoxy) is 3. The second-order valence-corrected chi connectivity index (χ2v) is 6.28. The Balaban J connectivity index is 1.35. The number of nitrogens with one attached hydrogen (secondary N) is 1. The number of methoxy groups -OCH3 is 1. The Bertz CT molecular complexity index is 727. The van der Waals surface area contributed by atoms with Gasteiger partial charge < -0.3 is 19.5 Å². The Hall–Kier alpha value is -2.69. The van der Waals surface area contributed by atoms with Gasteiger partial charge in [0.2, 0.25) is 5.91 Å². The van der Waals surface area contributed by atoms with E-state index in [0.717, 1.165) is 36.5 Å². The Morgan fingerprint density at radius 1 is 1.00 bits per heavy atom. The van der Waals surface area contributed by atoms with Crippen molar-refractivity contribution in [3.63, 3.8) is 0 Å². The molecule has 0 saturated carbocycles. The topological polar surface area (TPSA) is 56.8 Å². The summed E-state index contributed by atoms with van der Waals surface area (Å²) in [6, 6.07) is 13.9. The monoisotopic (exact) mass is 355 g/mol. The third-order valence-corrected chi connectivity index (χ3v) is 4.37. The standard InChI is InChI=1S/C21H25NO4/c1-24-18-8-5-16(6-9-18)11-12-22-21(23)4-2-3-17-7-10-19-20(15-17)26-14-13-25-19/h5-10,15H,2-4,11-14H2,1H3,(H,22,23). The van der Waals surface area contributed by atoms with Gasteiger partial charge in [-0.25, -0.2) is 0 Å². The van der Waals surface area contributed by atoms with Crippen LogP contribution in [0.3, 0.4) is 0 Å². The lowest BCUT2D eigenvalue weighted by molar-refractivity contribution is -0.121. The Kier molecular flexibility index (Phi) is 6.36. The summed E-state index contributed by atoms with van der Waals surface area (Å²) in [7, 11) is 1.65. The summed E-state index contributed by atoms with van der Waals surface area (Å²) in [5.74, 6) is 2.54. The van der Waals surface area contributed by atoms with Gasteiger partial charge in [-0.1, -0.05) is 18.2 Å². The van der Waals surface area contributed by atoms with Crippen molar-refractivity contribution in [3.8, 4) is 17.2 Å². The molecule has 2 aromatic rings. The van der Waals surface area contributed by atoms with Gasteiger partial charge >= 0.3 is 0 Å². The second kappa shape index (κ2) is 9.13. The van der Waals surface area contributed by atoms with Crippen molar-refractivity contribution >= 4 is 5.91 Å². The first-order valence-corrected chi connectivity index (χ1v) is 9.03. The minimum atomic E-state index is 0.0936. The van der Waals surface area contributed by atoms with Crippen LogP contribution in [0.4, 0.5) is 0 Å². The first-order chi connectivity index (χ1) is 12.7. The van der Waals surface area contributed by atoms with Gasteiger partial charge in [0.15, 0.2) is 11.5 Å². The van der Waals surface area contributed by atoms with Crippen molar-refractivity contribution < 1.29 is 19.0 Å². The molecular formula is C21H25NO4.